The maximum absolute atomic E-state index is 13.3. The van der Waals surface area contributed by atoms with Gasteiger partial charge in [0.05, 0.1) is 36.1 Å². The van der Waals surface area contributed by atoms with Gasteiger partial charge in [-0.3, -0.25) is 4.79 Å². The van der Waals surface area contributed by atoms with Gasteiger partial charge >= 0.3 is 0 Å². The first kappa shape index (κ1) is 24.8. The molecular formula is C27H42O7. The molecule has 0 radical (unpaired) electrons. The third-order valence-electron chi connectivity index (χ3n) is 11.0. The van der Waals surface area contributed by atoms with E-state index >= 15 is 0 Å². The quantitative estimate of drug-likeness (QED) is 0.419. The van der Waals surface area contributed by atoms with Crippen molar-refractivity contribution in [2.75, 3.05) is 6.61 Å². The minimum absolute atomic E-state index is 0.0712. The van der Waals surface area contributed by atoms with Crippen LogP contribution in [0.25, 0.3) is 0 Å². The Kier molecular flexibility index (Phi) is 5.55. The summed E-state index contributed by atoms with van der Waals surface area (Å²) in [6.45, 7) is 7.58. The molecular weight excluding hydrogens is 436 g/mol. The summed E-state index contributed by atoms with van der Waals surface area (Å²) in [6.07, 6.45) is 3.66. The molecule has 0 bridgehead atoms. The van der Waals surface area contributed by atoms with Crippen LogP contribution in [-0.2, 0) is 9.53 Å². The van der Waals surface area contributed by atoms with Crippen LogP contribution in [0.2, 0.25) is 0 Å². The fourth-order valence-corrected chi connectivity index (χ4v) is 8.94. The highest BCUT2D eigenvalue weighted by molar-refractivity contribution is 5.95. The molecule has 0 aromatic heterocycles. The molecule has 7 nitrogen and oxygen atoms in total. The first-order chi connectivity index (χ1) is 15.7. The van der Waals surface area contributed by atoms with Crippen LogP contribution in [-0.4, -0.2) is 73.0 Å². The lowest BCUT2D eigenvalue weighted by Crippen LogP contribution is -2.64. The van der Waals surface area contributed by atoms with E-state index in [1.54, 1.807) is 6.08 Å². The first-order valence-corrected chi connectivity index (χ1v) is 13.1. The largest absolute Gasteiger partial charge is 0.393 e. The van der Waals surface area contributed by atoms with Crippen molar-refractivity contribution in [1.29, 1.82) is 0 Å². The normalized spacial score (nSPS) is 51.8. The maximum atomic E-state index is 13.3. The van der Waals surface area contributed by atoms with Gasteiger partial charge in [-0.05, 0) is 88.2 Å². The molecule has 5 aliphatic rings. The predicted octanol–water partition coefficient (Wildman–Crippen LogP) is 1.87. The molecule has 0 amide bonds. The van der Waals surface area contributed by atoms with Crippen molar-refractivity contribution in [3.63, 3.8) is 0 Å². The average Bonchev–Trinajstić information content (AvgIpc) is 3.27. The number of carbonyl (C=O) groups excluding carboxylic acids is 1. The van der Waals surface area contributed by atoms with Crippen LogP contribution >= 0.6 is 0 Å². The van der Waals surface area contributed by atoms with E-state index in [-0.39, 0.29) is 35.6 Å². The van der Waals surface area contributed by atoms with Gasteiger partial charge in [-0.15, -0.1) is 0 Å². The van der Waals surface area contributed by atoms with Crippen molar-refractivity contribution in [3.8, 4) is 0 Å². The summed E-state index contributed by atoms with van der Waals surface area (Å²) >= 11 is 0. The van der Waals surface area contributed by atoms with Gasteiger partial charge in [-0.1, -0.05) is 13.8 Å². The molecule has 5 rings (SSSR count). The Morgan fingerprint density at radius 2 is 1.74 bits per heavy atom. The van der Waals surface area contributed by atoms with Crippen LogP contribution in [0, 0.1) is 28.6 Å². The number of aliphatic hydroxyl groups is 5. The third-order valence-corrected chi connectivity index (χ3v) is 11.0. The van der Waals surface area contributed by atoms with Gasteiger partial charge in [-0.2, -0.15) is 0 Å². The summed E-state index contributed by atoms with van der Waals surface area (Å²) < 4.78 is 6.20. The Bertz CT molecular complexity index is 899. The summed E-state index contributed by atoms with van der Waals surface area (Å²) in [5.41, 5.74) is -3.64. The van der Waals surface area contributed by atoms with Gasteiger partial charge in [0.2, 0.25) is 0 Å². The number of rotatable bonds is 3. The van der Waals surface area contributed by atoms with Crippen molar-refractivity contribution < 1.29 is 35.1 Å². The van der Waals surface area contributed by atoms with Crippen LogP contribution in [0.3, 0.4) is 0 Å². The molecule has 7 heteroatoms. The second-order valence-electron chi connectivity index (χ2n) is 13.1. The topological polar surface area (TPSA) is 127 Å². The fourth-order valence-electron chi connectivity index (χ4n) is 8.94. The van der Waals surface area contributed by atoms with Crippen LogP contribution in [0.4, 0.5) is 0 Å². The van der Waals surface area contributed by atoms with Gasteiger partial charge in [0, 0.05) is 17.3 Å². The number of hydrogen-bond acceptors (Lipinski definition) is 7. The predicted molar refractivity (Wildman–Crippen MR) is 125 cm³/mol. The van der Waals surface area contributed by atoms with Crippen molar-refractivity contribution in [1.82, 2.24) is 0 Å². The SMILES string of the molecule is CC1(C)CC[C@@H]([C@@](O)(CO)[C@H]2CC[C@@]3(O)C4=CC(=O)[C@@H]5C[C@@H](O)[C@@H](O)C[C@]5(C)C4CC[C@]23C)O1. The van der Waals surface area contributed by atoms with Gasteiger partial charge in [0.25, 0.3) is 0 Å². The fraction of sp³-hybridized carbons (Fsp3) is 0.889. The van der Waals surface area contributed by atoms with Gasteiger partial charge < -0.3 is 30.3 Å². The van der Waals surface area contributed by atoms with Gasteiger partial charge in [0.15, 0.2) is 5.78 Å². The number of ether oxygens (including phenoxy) is 1. The Morgan fingerprint density at radius 3 is 2.35 bits per heavy atom. The molecule has 1 heterocycles. The van der Waals surface area contributed by atoms with Crippen molar-refractivity contribution in [2.45, 2.75) is 114 Å². The Hall–Kier alpha value is -0.830. The lowest BCUT2D eigenvalue weighted by atomic mass is 9.45. The Labute approximate surface area is 202 Å². The van der Waals surface area contributed by atoms with E-state index in [0.29, 0.717) is 32.1 Å². The zero-order chi connectivity index (χ0) is 24.9. The smallest absolute Gasteiger partial charge is 0.159 e. The molecule has 0 aromatic carbocycles. The lowest BCUT2D eigenvalue weighted by Gasteiger charge is -2.60. The molecule has 4 fully saturated rings. The minimum Gasteiger partial charge on any atom is -0.393 e. The van der Waals surface area contributed by atoms with E-state index in [0.717, 1.165) is 18.4 Å². The average molecular weight is 479 g/mol. The molecule has 1 saturated heterocycles. The monoisotopic (exact) mass is 478 g/mol. The molecule has 1 aliphatic heterocycles. The molecule has 0 aromatic rings. The summed E-state index contributed by atoms with van der Waals surface area (Å²) in [5.74, 6) is -0.902. The zero-order valence-corrected chi connectivity index (χ0v) is 21.0. The highest BCUT2D eigenvalue weighted by Crippen LogP contribution is 2.69. The zero-order valence-electron chi connectivity index (χ0n) is 21.0. The second kappa shape index (κ2) is 7.59. The number of hydrogen-bond donors (Lipinski definition) is 5. The van der Waals surface area contributed by atoms with Crippen LogP contribution in [0.1, 0.15) is 79.1 Å². The molecule has 34 heavy (non-hydrogen) atoms. The van der Waals surface area contributed by atoms with Gasteiger partial charge in [0.1, 0.15) is 5.60 Å². The van der Waals surface area contributed by atoms with E-state index in [1.165, 1.54) is 0 Å². The Morgan fingerprint density at radius 1 is 1.03 bits per heavy atom. The standard InChI is InChI=1S/C27H42O7/c1-23(2)8-7-22(34-23)26(32,14-28)21-6-10-27(33)16-11-18(29)17-12-19(30)20(31)13-24(17,3)15(16)5-9-25(21,27)4/h11,15,17,19-22,28,30-33H,5-10,12-14H2,1-4H3/t15?,17-,19+,20-,21-,22-,24+,25+,26+,27+/m0/s1. The summed E-state index contributed by atoms with van der Waals surface area (Å²) in [4.78, 5) is 13.3. The third kappa shape index (κ3) is 3.13. The highest BCUT2D eigenvalue weighted by atomic mass is 16.5. The molecule has 10 atom stereocenters. The number of ketones is 1. The highest BCUT2D eigenvalue weighted by Gasteiger charge is 2.70. The van der Waals surface area contributed by atoms with E-state index in [9.17, 15) is 30.3 Å². The number of allylic oxidation sites excluding steroid dienone is 1. The molecule has 5 N–H and O–H groups in total. The van der Waals surface area contributed by atoms with E-state index in [1.807, 2.05) is 27.7 Å². The van der Waals surface area contributed by atoms with Crippen molar-refractivity contribution in [2.24, 2.45) is 28.6 Å². The summed E-state index contributed by atoms with van der Waals surface area (Å²) in [7, 11) is 0. The van der Waals surface area contributed by atoms with Crippen LogP contribution < -0.4 is 0 Å². The van der Waals surface area contributed by atoms with E-state index < -0.39 is 47.0 Å². The summed E-state index contributed by atoms with van der Waals surface area (Å²) in [6, 6.07) is 0. The maximum Gasteiger partial charge on any atom is 0.159 e. The van der Waals surface area contributed by atoms with E-state index in [2.05, 4.69) is 0 Å². The van der Waals surface area contributed by atoms with Crippen molar-refractivity contribution in [3.05, 3.63) is 11.6 Å². The minimum atomic E-state index is -1.48. The van der Waals surface area contributed by atoms with E-state index in [4.69, 9.17) is 4.74 Å². The van der Waals surface area contributed by atoms with Crippen LogP contribution in [0.15, 0.2) is 11.6 Å². The van der Waals surface area contributed by atoms with Gasteiger partial charge in [-0.25, -0.2) is 0 Å². The number of aliphatic hydroxyl groups excluding tert-OH is 3. The summed E-state index contributed by atoms with van der Waals surface area (Å²) in [5, 5.41) is 55.4. The number of carbonyl (C=O) groups is 1. The molecule has 0 spiro atoms. The molecule has 1 unspecified atom stereocenters. The second-order valence-corrected chi connectivity index (χ2v) is 13.1. The Balaban J connectivity index is 1.52. The molecule has 3 saturated carbocycles. The molecule has 192 valence electrons. The van der Waals surface area contributed by atoms with Crippen molar-refractivity contribution >= 4 is 5.78 Å². The first-order valence-electron chi connectivity index (χ1n) is 13.1. The van der Waals surface area contributed by atoms with Crippen LogP contribution in [0.5, 0.6) is 0 Å². The molecule has 4 aliphatic carbocycles. The number of fused-ring (bicyclic) bond motifs is 5. The lowest BCUT2D eigenvalue weighted by molar-refractivity contribution is -0.207.